The topological polar surface area (TPSA) is 32.3 Å². The summed E-state index contributed by atoms with van der Waals surface area (Å²) < 4.78 is 13.8. The molecule has 0 saturated carbocycles. The normalized spacial score (nSPS) is 16.0. The van der Waals surface area contributed by atoms with Crippen LogP contribution in [0.5, 0.6) is 0 Å². The molecule has 1 saturated heterocycles. The van der Waals surface area contributed by atoms with E-state index in [4.69, 9.17) is 12.2 Å². The van der Waals surface area contributed by atoms with Gasteiger partial charge in [-0.25, -0.2) is 4.39 Å². The lowest BCUT2D eigenvalue weighted by Crippen LogP contribution is -2.33. The first-order chi connectivity index (χ1) is 11.9. The summed E-state index contributed by atoms with van der Waals surface area (Å²) in [6.45, 7) is 4.36. The minimum atomic E-state index is -0.333. The molecule has 0 aliphatic carbocycles. The number of nitrogens with zero attached hydrogens (tertiary/aromatic N) is 1. The van der Waals surface area contributed by atoms with Crippen LogP contribution in [0, 0.1) is 19.7 Å². The molecular weight excluding hydrogens is 355 g/mol. The van der Waals surface area contributed by atoms with E-state index in [1.807, 2.05) is 26.0 Å². The van der Waals surface area contributed by atoms with Crippen LogP contribution in [0.15, 0.2) is 47.4 Å². The molecular formula is C19H17FN2OS2. The third-order valence-corrected chi connectivity index (χ3v) is 5.21. The van der Waals surface area contributed by atoms with E-state index in [-0.39, 0.29) is 11.7 Å². The molecule has 0 unspecified atom stereocenters. The molecule has 1 amide bonds. The van der Waals surface area contributed by atoms with Crippen LogP contribution in [0.4, 0.5) is 10.1 Å². The Bertz CT molecular complexity index is 879. The van der Waals surface area contributed by atoms with Crippen molar-refractivity contribution in [2.75, 3.05) is 12.0 Å². The van der Waals surface area contributed by atoms with E-state index in [0.29, 0.717) is 21.5 Å². The molecule has 3 nitrogen and oxygen atoms in total. The predicted molar refractivity (Wildman–Crippen MR) is 106 cm³/mol. The molecule has 1 heterocycles. The molecule has 0 bridgehead atoms. The molecule has 1 aliphatic heterocycles. The fraction of sp³-hybridized carbons (Fsp3) is 0.158. The summed E-state index contributed by atoms with van der Waals surface area (Å²) in [5.41, 5.74) is 3.91. The van der Waals surface area contributed by atoms with Crippen LogP contribution in [-0.2, 0) is 4.79 Å². The van der Waals surface area contributed by atoms with E-state index >= 15 is 0 Å². The lowest BCUT2D eigenvalue weighted by atomic mass is 10.1. The van der Waals surface area contributed by atoms with E-state index in [0.717, 1.165) is 11.3 Å². The van der Waals surface area contributed by atoms with Crippen LogP contribution in [0.25, 0.3) is 6.08 Å². The van der Waals surface area contributed by atoms with Crippen LogP contribution in [0.3, 0.4) is 0 Å². The van der Waals surface area contributed by atoms with Gasteiger partial charge in [-0.3, -0.25) is 9.69 Å². The smallest absolute Gasteiger partial charge is 0.267 e. The highest BCUT2D eigenvalue weighted by atomic mass is 32.2. The molecule has 6 heteroatoms. The van der Waals surface area contributed by atoms with Gasteiger partial charge in [-0.05, 0) is 49.2 Å². The summed E-state index contributed by atoms with van der Waals surface area (Å²) in [6.07, 6.45) is 1.67. The van der Waals surface area contributed by atoms with Gasteiger partial charge in [-0.1, -0.05) is 53.8 Å². The Kier molecular flexibility index (Phi) is 5.20. The number of hydrogen-bond donors (Lipinski definition) is 1. The Balaban J connectivity index is 1.73. The van der Waals surface area contributed by atoms with Crippen molar-refractivity contribution in [2.24, 2.45) is 0 Å². The third-order valence-electron chi connectivity index (χ3n) is 3.83. The summed E-state index contributed by atoms with van der Waals surface area (Å²) in [5.74, 6) is -0.503. The van der Waals surface area contributed by atoms with Crippen LogP contribution in [-0.4, -0.2) is 21.8 Å². The van der Waals surface area contributed by atoms with Crippen molar-refractivity contribution in [2.45, 2.75) is 13.8 Å². The number of rotatable bonds is 4. The lowest BCUT2D eigenvalue weighted by molar-refractivity contribution is -0.121. The summed E-state index contributed by atoms with van der Waals surface area (Å²) in [5, 5.41) is 3.25. The SMILES string of the molecule is Cc1ccc(NCN2C(=O)/C(=C\c3cccc(F)c3)SC2=S)c(C)c1. The van der Waals surface area contributed by atoms with Crippen LogP contribution in [0.2, 0.25) is 0 Å². The van der Waals surface area contributed by atoms with Crippen molar-refractivity contribution in [3.8, 4) is 0 Å². The molecule has 0 spiro atoms. The Hall–Kier alpha value is -2.18. The number of halogens is 1. The second-order valence-corrected chi connectivity index (χ2v) is 7.49. The lowest BCUT2D eigenvalue weighted by Gasteiger charge is -2.17. The molecule has 25 heavy (non-hydrogen) atoms. The molecule has 0 aromatic heterocycles. The van der Waals surface area contributed by atoms with Crippen LogP contribution < -0.4 is 5.32 Å². The summed E-state index contributed by atoms with van der Waals surface area (Å²) in [7, 11) is 0. The molecule has 0 radical (unpaired) electrons. The zero-order chi connectivity index (χ0) is 18.0. The fourth-order valence-corrected chi connectivity index (χ4v) is 3.82. The number of thioether (sulfide) groups is 1. The van der Waals surface area contributed by atoms with Crippen molar-refractivity contribution in [3.63, 3.8) is 0 Å². The van der Waals surface area contributed by atoms with E-state index < -0.39 is 0 Å². The average molecular weight is 372 g/mol. The maximum atomic E-state index is 13.3. The predicted octanol–water partition coefficient (Wildman–Crippen LogP) is 4.71. The number of carbonyl (C=O) groups is 1. The number of benzene rings is 2. The number of nitrogens with one attached hydrogen (secondary N) is 1. The summed E-state index contributed by atoms with van der Waals surface area (Å²) >= 11 is 6.55. The van der Waals surface area contributed by atoms with Crippen molar-refractivity contribution < 1.29 is 9.18 Å². The second-order valence-electron chi connectivity index (χ2n) is 5.82. The highest BCUT2D eigenvalue weighted by Crippen LogP contribution is 2.32. The first-order valence-electron chi connectivity index (χ1n) is 7.76. The molecule has 2 aromatic rings. The summed E-state index contributed by atoms with van der Waals surface area (Å²) in [6, 6.07) is 12.2. The van der Waals surface area contributed by atoms with E-state index in [2.05, 4.69) is 11.4 Å². The number of hydrogen-bond acceptors (Lipinski definition) is 4. The highest BCUT2D eigenvalue weighted by molar-refractivity contribution is 8.26. The molecule has 1 N–H and O–H groups in total. The number of thiocarbonyl (C=S) groups is 1. The van der Waals surface area contributed by atoms with Crippen molar-refractivity contribution in [1.29, 1.82) is 0 Å². The number of anilines is 1. The molecule has 2 aromatic carbocycles. The Labute approximate surface area is 155 Å². The highest BCUT2D eigenvalue weighted by Gasteiger charge is 2.31. The average Bonchev–Trinajstić information content (AvgIpc) is 2.81. The maximum absolute atomic E-state index is 13.3. The minimum absolute atomic E-state index is 0.170. The largest absolute Gasteiger partial charge is 0.367 e. The monoisotopic (exact) mass is 372 g/mol. The van der Waals surface area contributed by atoms with Gasteiger partial charge in [0.2, 0.25) is 0 Å². The van der Waals surface area contributed by atoms with E-state index in [9.17, 15) is 9.18 Å². The quantitative estimate of drug-likeness (QED) is 0.622. The minimum Gasteiger partial charge on any atom is -0.367 e. The first-order valence-corrected chi connectivity index (χ1v) is 8.98. The van der Waals surface area contributed by atoms with Gasteiger partial charge >= 0.3 is 0 Å². The first kappa shape index (κ1) is 17.6. The number of amides is 1. The second kappa shape index (κ2) is 7.37. The maximum Gasteiger partial charge on any atom is 0.267 e. The third kappa shape index (κ3) is 4.08. The zero-order valence-electron chi connectivity index (χ0n) is 13.9. The standard InChI is InChI=1S/C19H17FN2OS2/c1-12-6-7-16(13(2)8-12)21-11-22-18(23)17(25-19(22)24)10-14-4-3-5-15(20)9-14/h3-10,21H,11H2,1-2H3/b17-10+. The fourth-order valence-electron chi connectivity index (χ4n) is 2.56. The number of carbonyl (C=O) groups excluding carboxylic acids is 1. The zero-order valence-corrected chi connectivity index (χ0v) is 15.5. The van der Waals surface area contributed by atoms with Gasteiger partial charge in [0.15, 0.2) is 0 Å². The van der Waals surface area contributed by atoms with Crippen molar-refractivity contribution in [3.05, 3.63) is 69.9 Å². The van der Waals surface area contributed by atoms with Gasteiger partial charge in [-0.15, -0.1) is 0 Å². The van der Waals surface area contributed by atoms with Gasteiger partial charge in [-0.2, -0.15) is 0 Å². The molecule has 1 fully saturated rings. The number of aryl methyl sites for hydroxylation is 2. The van der Waals surface area contributed by atoms with E-state index in [1.165, 1.54) is 34.4 Å². The Morgan fingerprint density at radius 2 is 2.04 bits per heavy atom. The van der Waals surface area contributed by atoms with Crippen LogP contribution >= 0.6 is 24.0 Å². The molecule has 3 rings (SSSR count). The summed E-state index contributed by atoms with van der Waals surface area (Å²) in [4.78, 5) is 14.6. The molecule has 1 aliphatic rings. The van der Waals surface area contributed by atoms with Gasteiger partial charge in [0.25, 0.3) is 5.91 Å². The van der Waals surface area contributed by atoms with E-state index in [1.54, 1.807) is 18.2 Å². The Morgan fingerprint density at radius 1 is 1.24 bits per heavy atom. The molecule has 0 atom stereocenters. The van der Waals surface area contributed by atoms with Gasteiger partial charge < -0.3 is 5.32 Å². The molecule has 128 valence electrons. The Morgan fingerprint density at radius 3 is 2.76 bits per heavy atom. The van der Waals surface area contributed by atoms with Crippen molar-refractivity contribution >= 4 is 46.0 Å². The van der Waals surface area contributed by atoms with Gasteiger partial charge in [0.05, 0.1) is 11.6 Å². The van der Waals surface area contributed by atoms with Crippen LogP contribution in [0.1, 0.15) is 16.7 Å². The van der Waals surface area contributed by atoms with Gasteiger partial charge in [0.1, 0.15) is 10.1 Å². The van der Waals surface area contributed by atoms with Crippen molar-refractivity contribution in [1.82, 2.24) is 4.90 Å². The van der Waals surface area contributed by atoms with Gasteiger partial charge in [0, 0.05) is 5.69 Å².